The van der Waals surface area contributed by atoms with Crippen LogP contribution in [0, 0.1) is 6.92 Å². The Morgan fingerprint density at radius 1 is 1.20 bits per heavy atom. The molecular weight excluding hydrogens is 472 g/mol. The van der Waals surface area contributed by atoms with E-state index in [9.17, 15) is 14.4 Å². The first-order valence-electron chi connectivity index (χ1n) is 10.9. The SMILES string of the molecule is CCOC(=O)C1=C(C)N=c2sc(=Cc3ccc(C)o3)c(=O)n2C1c1ccc(OC(C)=O)c(OC)c1. The zero-order chi connectivity index (χ0) is 25.3. The summed E-state index contributed by atoms with van der Waals surface area (Å²) in [5, 5.41) is 0. The third-order valence-electron chi connectivity index (χ3n) is 5.31. The number of carbonyl (C=O) groups is 2. The second kappa shape index (κ2) is 9.75. The highest BCUT2D eigenvalue weighted by Gasteiger charge is 2.34. The number of hydrogen-bond acceptors (Lipinski definition) is 9. The van der Waals surface area contributed by atoms with E-state index in [1.54, 1.807) is 44.2 Å². The fourth-order valence-electron chi connectivity index (χ4n) is 3.86. The van der Waals surface area contributed by atoms with Crippen LogP contribution in [0.4, 0.5) is 0 Å². The molecule has 35 heavy (non-hydrogen) atoms. The van der Waals surface area contributed by atoms with Gasteiger partial charge in [0.1, 0.15) is 11.5 Å². The number of furan rings is 1. The maximum Gasteiger partial charge on any atom is 0.338 e. The summed E-state index contributed by atoms with van der Waals surface area (Å²) in [5.74, 6) is 0.699. The number of carbonyl (C=O) groups excluding carboxylic acids is 2. The van der Waals surface area contributed by atoms with Crippen molar-refractivity contribution in [3.8, 4) is 11.5 Å². The Hall–Kier alpha value is -3.92. The lowest BCUT2D eigenvalue weighted by molar-refractivity contribution is -0.139. The number of aromatic nitrogens is 1. The number of esters is 2. The highest BCUT2D eigenvalue weighted by molar-refractivity contribution is 7.07. The fourth-order valence-corrected chi connectivity index (χ4v) is 4.89. The first-order valence-corrected chi connectivity index (χ1v) is 11.7. The highest BCUT2D eigenvalue weighted by atomic mass is 32.1. The van der Waals surface area contributed by atoms with Crippen LogP contribution in [0.2, 0.25) is 0 Å². The Morgan fingerprint density at radius 3 is 2.60 bits per heavy atom. The summed E-state index contributed by atoms with van der Waals surface area (Å²) in [6, 6.07) is 7.63. The zero-order valence-electron chi connectivity index (χ0n) is 19.9. The molecule has 1 aliphatic heterocycles. The molecule has 182 valence electrons. The van der Waals surface area contributed by atoms with Gasteiger partial charge in [0.15, 0.2) is 16.3 Å². The maximum absolute atomic E-state index is 13.6. The summed E-state index contributed by atoms with van der Waals surface area (Å²) < 4.78 is 23.4. The van der Waals surface area contributed by atoms with E-state index in [2.05, 4.69) is 4.99 Å². The number of rotatable bonds is 6. The normalized spacial score (nSPS) is 15.5. The van der Waals surface area contributed by atoms with Crippen molar-refractivity contribution in [2.24, 2.45) is 4.99 Å². The van der Waals surface area contributed by atoms with E-state index in [-0.39, 0.29) is 29.2 Å². The zero-order valence-corrected chi connectivity index (χ0v) is 20.7. The van der Waals surface area contributed by atoms with Crippen LogP contribution in [-0.2, 0) is 14.3 Å². The predicted molar refractivity (Wildman–Crippen MR) is 128 cm³/mol. The molecule has 3 aromatic rings. The van der Waals surface area contributed by atoms with Crippen LogP contribution in [0.25, 0.3) is 6.08 Å². The van der Waals surface area contributed by atoms with Crippen LogP contribution >= 0.6 is 11.3 Å². The Labute approximate surface area is 204 Å². The molecule has 2 aromatic heterocycles. The van der Waals surface area contributed by atoms with Crippen LogP contribution in [0.1, 0.15) is 43.9 Å². The van der Waals surface area contributed by atoms with Crippen LogP contribution in [0.5, 0.6) is 11.5 Å². The number of nitrogens with zero attached hydrogens (tertiary/aromatic N) is 2. The molecule has 4 rings (SSSR count). The van der Waals surface area contributed by atoms with Gasteiger partial charge in [-0.05, 0) is 50.6 Å². The molecular formula is C25H24N2O7S. The van der Waals surface area contributed by atoms with Crippen molar-refractivity contribution < 1.29 is 28.2 Å². The number of aryl methyl sites for hydroxylation is 1. The van der Waals surface area contributed by atoms with Gasteiger partial charge in [-0.3, -0.25) is 14.2 Å². The van der Waals surface area contributed by atoms with E-state index < -0.39 is 18.0 Å². The van der Waals surface area contributed by atoms with Crippen molar-refractivity contribution >= 4 is 29.4 Å². The van der Waals surface area contributed by atoms with Crippen molar-refractivity contribution in [1.82, 2.24) is 4.57 Å². The largest absolute Gasteiger partial charge is 0.493 e. The number of thiazole rings is 1. The smallest absolute Gasteiger partial charge is 0.338 e. The second-order valence-corrected chi connectivity index (χ2v) is 8.76. The Balaban J connectivity index is 1.95. The minimum atomic E-state index is -0.828. The van der Waals surface area contributed by atoms with Gasteiger partial charge < -0.3 is 18.6 Å². The predicted octanol–water partition coefficient (Wildman–Crippen LogP) is 2.63. The van der Waals surface area contributed by atoms with Gasteiger partial charge in [0, 0.05) is 13.0 Å². The first kappa shape index (κ1) is 24.2. The van der Waals surface area contributed by atoms with E-state index in [1.165, 1.54) is 29.9 Å². The molecule has 0 spiro atoms. The van der Waals surface area contributed by atoms with Gasteiger partial charge in [-0.15, -0.1) is 0 Å². The number of fused-ring (bicyclic) bond motifs is 1. The monoisotopic (exact) mass is 496 g/mol. The van der Waals surface area contributed by atoms with Crippen molar-refractivity contribution in [2.75, 3.05) is 13.7 Å². The standard InChI is InChI=1S/C25H24N2O7S/c1-6-32-24(30)21-14(3)26-25-27(23(29)20(35-25)12-17-9-7-13(2)33-17)22(21)16-8-10-18(34-15(4)28)19(11-16)31-5/h7-12,22H,6H2,1-5H3. The molecule has 1 atom stereocenters. The van der Waals surface area contributed by atoms with E-state index in [4.69, 9.17) is 18.6 Å². The van der Waals surface area contributed by atoms with Gasteiger partial charge in [0.2, 0.25) is 0 Å². The minimum Gasteiger partial charge on any atom is -0.493 e. The van der Waals surface area contributed by atoms with E-state index in [0.29, 0.717) is 26.4 Å². The maximum atomic E-state index is 13.6. The topological polar surface area (TPSA) is 109 Å². The molecule has 0 saturated heterocycles. The molecule has 9 nitrogen and oxygen atoms in total. The molecule has 0 aliphatic carbocycles. The number of benzene rings is 1. The van der Waals surface area contributed by atoms with Crippen LogP contribution in [0.3, 0.4) is 0 Å². The van der Waals surface area contributed by atoms with Gasteiger partial charge >= 0.3 is 11.9 Å². The van der Waals surface area contributed by atoms with E-state index in [0.717, 1.165) is 5.76 Å². The molecule has 1 unspecified atom stereocenters. The highest BCUT2D eigenvalue weighted by Crippen LogP contribution is 2.36. The number of methoxy groups -OCH3 is 1. The molecule has 0 bridgehead atoms. The Kier molecular flexibility index (Phi) is 6.74. The van der Waals surface area contributed by atoms with Gasteiger partial charge in [-0.25, -0.2) is 9.79 Å². The summed E-state index contributed by atoms with van der Waals surface area (Å²) in [4.78, 5) is 43.0. The lowest BCUT2D eigenvalue weighted by Gasteiger charge is -2.25. The number of hydrogen-bond donors (Lipinski definition) is 0. The van der Waals surface area contributed by atoms with Crippen molar-refractivity contribution in [1.29, 1.82) is 0 Å². The lowest BCUT2D eigenvalue weighted by Crippen LogP contribution is -2.39. The molecule has 10 heteroatoms. The molecule has 0 N–H and O–H groups in total. The van der Waals surface area contributed by atoms with E-state index >= 15 is 0 Å². The quantitative estimate of drug-likeness (QED) is 0.381. The van der Waals surface area contributed by atoms with Crippen molar-refractivity contribution in [3.05, 3.63) is 78.4 Å². The van der Waals surface area contributed by atoms with Gasteiger partial charge in [0.05, 0.1) is 35.6 Å². The van der Waals surface area contributed by atoms with Crippen molar-refractivity contribution in [2.45, 2.75) is 33.7 Å². The molecule has 0 fully saturated rings. The van der Waals surface area contributed by atoms with Gasteiger partial charge in [-0.1, -0.05) is 17.4 Å². The first-order chi connectivity index (χ1) is 16.7. The summed E-state index contributed by atoms with van der Waals surface area (Å²) in [5.41, 5.74) is 0.918. The summed E-state index contributed by atoms with van der Waals surface area (Å²) >= 11 is 1.20. The van der Waals surface area contributed by atoms with Gasteiger partial charge in [0.25, 0.3) is 5.56 Å². The average molecular weight is 497 g/mol. The summed E-state index contributed by atoms with van der Waals surface area (Å²) in [6.45, 7) is 6.69. The fraction of sp³-hybridized carbons (Fsp3) is 0.280. The number of ether oxygens (including phenoxy) is 3. The molecule has 0 radical (unpaired) electrons. The Morgan fingerprint density at radius 2 is 1.97 bits per heavy atom. The van der Waals surface area contributed by atoms with Crippen LogP contribution in [0.15, 0.2) is 55.8 Å². The lowest BCUT2D eigenvalue weighted by atomic mass is 9.95. The molecule has 1 aromatic carbocycles. The molecule has 3 heterocycles. The average Bonchev–Trinajstić information content (AvgIpc) is 3.35. The minimum absolute atomic E-state index is 0.166. The van der Waals surface area contributed by atoms with E-state index in [1.807, 2.05) is 13.0 Å². The molecule has 1 aliphatic rings. The van der Waals surface area contributed by atoms with Gasteiger partial charge in [-0.2, -0.15) is 0 Å². The third kappa shape index (κ3) is 4.69. The Bertz CT molecular complexity index is 1520. The second-order valence-electron chi connectivity index (χ2n) is 7.75. The summed E-state index contributed by atoms with van der Waals surface area (Å²) in [7, 11) is 1.44. The molecule has 0 amide bonds. The third-order valence-corrected chi connectivity index (χ3v) is 6.29. The number of allylic oxidation sites excluding steroid dienone is 1. The summed E-state index contributed by atoms with van der Waals surface area (Å²) in [6.07, 6.45) is 1.65. The molecule has 0 saturated carbocycles. The van der Waals surface area contributed by atoms with Crippen LogP contribution in [-0.4, -0.2) is 30.2 Å². The van der Waals surface area contributed by atoms with Crippen molar-refractivity contribution in [3.63, 3.8) is 0 Å². The van der Waals surface area contributed by atoms with Crippen LogP contribution < -0.4 is 24.4 Å².